The summed E-state index contributed by atoms with van der Waals surface area (Å²) >= 11 is 0. The van der Waals surface area contributed by atoms with Gasteiger partial charge in [0.1, 0.15) is 13.1 Å². The van der Waals surface area contributed by atoms with Crippen molar-refractivity contribution in [3.8, 4) is 0 Å². The molecule has 0 saturated heterocycles. The Morgan fingerprint density at radius 1 is 1.33 bits per heavy atom. The number of Topliss-reactive ketones (excluding diaryl/α,β-unsaturated/α-hetero) is 1. The fourth-order valence-corrected chi connectivity index (χ4v) is 1.48. The number of nitrogens with one attached hydrogen (secondary N) is 1. The van der Waals surface area contributed by atoms with Gasteiger partial charge in [-0.1, -0.05) is 12.1 Å². The van der Waals surface area contributed by atoms with Gasteiger partial charge < -0.3 is 14.8 Å². The maximum Gasteiger partial charge on any atom is 0.270 e. The summed E-state index contributed by atoms with van der Waals surface area (Å²) in [5, 5.41) is 20.9. The van der Waals surface area contributed by atoms with Crippen LogP contribution in [0.4, 0.5) is 5.69 Å². The molecule has 7 heteroatoms. The molecule has 0 saturated carbocycles. The van der Waals surface area contributed by atoms with E-state index in [9.17, 15) is 24.8 Å². The molecule has 0 aliphatic carbocycles. The molecule has 0 aliphatic heterocycles. The van der Waals surface area contributed by atoms with Gasteiger partial charge in [0, 0.05) is 17.7 Å². The minimum absolute atomic E-state index is 0.0604. The Bertz CT molecular complexity index is 486. The Labute approximate surface area is 103 Å². The molecule has 0 bridgehead atoms. The number of quaternary nitrogens is 1. The van der Waals surface area contributed by atoms with Crippen molar-refractivity contribution >= 4 is 17.4 Å². The molecular formula is C11H12N2O5. The lowest BCUT2D eigenvalue weighted by molar-refractivity contribution is -0.864. The summed E-state index contributed by atoms with van der Waals surface area (Å²) in [5.74, 6) is -1.60. The van der Waals surface area contributed by atoms with Gasteiger partial charge in [0.25, 0.3) is 5.69 Å². The molecule has 1 unspecified atom stereocenters. The highest BCUT2D eigenvalue weighted by molar-refractivity contribution is 5.97. The number of nitro groups is 1. The summed E-state index contributed by atoms with van der Waals surface area (Å²) in [6.45, 7) is -0.351. The lowest BCUT2D eigenvalue weighted by atomic mass is 10.1. The lowest BCUT2D eigenvalue weighted by Gasteiger charge is -2.13. The zero-order valence-corrected chi connectivity index (χ0v) is 9.71. The van der Waals surface area contributed by atoms with Gasteiger partial charge in [0.2, 0.25) is 5.78 Å². The molecule has 0 aliphatic rings. The number of benzene rings is 1. The van der Waals surface area contributed by atoms with E-state index in [-0.39, 0.29) is 30.1 Å². The fourth-order valence-electron chi connectivity index (χ4n) is 1.48. The van der Waals surface area contributed by atoms with E-state index in [4.69, 9.17) is 0 Å². The van der Waals surface area contributed by atoms with E-state index in [1.54, 1.807) is 0 Å². The largest absolute Gasteiger partial charge is 0.544 e. The van der Waals surface area contributed by atoms with Gasteiger partial charge in [0.05, 0.1) is 17.9 Å². The van der Waals surface area contributed by atoms with Crippen LogP contribution in [0.5, 0.6) is 0 Å². The Morgan fingerprint density at radius 2 is 2.00 bits per heavy atom. The van der Waals surface area contributed by atoms with Crippen molar-refractivity contribution in [2.75, 3.05) is 20.1 Å². The average Bonchev–Trinajstić information content (AvgIpc) is 2.27. The molecule has 0 spiro atoms. The first-order valence-corrected chi connectivity index (χ1v) is 5.19. The smallest absolute Gasteiger partial charge is 0.270 e. The number of carbonyl (C=O) groups is 2. The molecule has 7 nitrogen and oxygen atoms in total. The summed E-state index contributed by atoms with van der Waals surface area (Å²) < 4.78 is 0. The van der Waals surface area contributed by atoms with Crippen LogP contribution in [0.2, 0.25) is 0 Å². The number of ketones is 1. The monoisotopic (exact) mass is 252 g/mol. The van der Waals surface area contributed by atoms with Crippen LogP contribution in [0, 0.1) is 10.1 Å². The minimum Gasteiger partial charge on any atom is -0.544 e. The fraction of sp³-hybridized carbons (Fsp3) is 0.273. The maximum atomic E-state index is 11.8. The van der Waals surface area contributed by atoms with Crippen LogP contribution < -0.4 is 10.0 Å². The molecule has 0 amide bonds. The van der Waals surface area contributed by atoms with Crippen LogP contribution in [0.1, 0.15) is 10.4 Å². The van der Waals surface area contributed by atoms with E-state index < -0.39 is 10.9 Å². The van der Waals surface area contributed by atoms with E-state index in [1.807, 2.05) is 0 Å². The minimum atomic E-state index is -1.25. The van der Waals surface area contributed by atoms with E-state index >= 15 is 0 Å². The molecule has 96 valence electrons. The molecule has 0 fully saturated rings. The Hall–Kier alpha value is -2.28. The summed E-state index contributed by atoms with van der Waals surface area (Å²) in [7, 11) is 1.53. The zero-order valence-electron chi connectivity index (χ0n) is 9.71. The van der Waals surface area contributed by atoms with Crippen LogP contribution in [0.3, 0.4) is 0 Å². The number of nitrogens with zero attached hydrogens (tertiary/aromatic N) is 1. The highest BCUT2D eigenvalue weighted by Crippen LogP contribution is 2.12. The highest BCUT2D eigenvalue weighted by atomic mass is 16.6. The Balaban J connectivity index is 2.75. The van der Waals surface area contributed by atoms with Crippen LogP contribution >= 0.6 is 0 Å². The van der Waals surface area contributed by atoms with Crippen molar-refractivity contribution in [2.45, 2.75) is 0 Å². The predicted molar refractivity (Wildman–Crippen MR) is 59.1 cm³/mol. The number of non-ortho nitro benzene ring substituents is 1. The second kappa shape index (κ2) is 5.87. The standard InChI is InChI=1S/C11H12N2O5/c1-12(7-11(15)16)6-10(14)8-3-2-4-9(5-8)13(17)18/h2-5H,6-7H2,1H3,(H,15,16). The maximum absolute atomic E-state index is 11.8. The first-order chi connectivity index (χ1) is 8.40. The first-order valence-electron chi connectivity index (χ1n) is 5.19. The Morgan fingerprint density at radius 3 is 2.56 bits per heavy atom. The molecule has 1 atom stereocenters. The van der Waals surface area contributed by atoms with Gasteiger partial charge >= 0.3 is 0 Å². The first kappa shape index (κ1) is 13.8. The molecule has 1 N–H and O–H groups in total. The quantitative estimate of drug-likeness (QED) is 0.359. The predicted octanol–water partition coefficient (Wildman–Crippen LogP) is -1.96. The van der Waals surface area contributed by atoms with Crippen molar-refractivity contribution in [2.24, 2.45) is 0 Å². The number of likely N-dealkylation sites (N-methyl/N-ethyl adjacent to an activating group) is 1. The summed E-state index contributed by atoms with van der Waals surface area (Å²) in [6, 6.07) is 5.34. The summed E-state index contributed by atoms with van der Waals surface area (Å²) in [6.07, 6.45) is 0. The highest BCUT2D eigenvalue weighted by Gasteiger charge is 2.15. The number of carbonyl (C=O) groups excluding carboxylic acids is 2. The van der Waals surface area contributed by atoms with Gasteiger partial charge in [-0.05, 0) is 0 Å². The van der Waals surface area contributed by atoms with E-state index in [0.717, 1.165) is 0 Å². The number of nitro benzene ring substituents is 1. The van der Waals surface area contributed by atoms with E-state index in [1.165, 1.54) is 31.3 Å². The average molecular weight is 252 g/mol. The summed E-state index contributed by atoms with van der Waals surface area (Å²) in [4.78, 5) is 32.5. The normalized spacial score (nSPS) is 11.8. The lowest BCUT2D eigenvalue weighted by Crippen LogP contribution is -3.11. The van der Waals surface area contributed by atoms with Gasteiger partial charge in [-0.15, -0.1) is 0 Å². The molecule has 18 heavy (non-hydrogen) atoms. The Kier molecular flexibility index (Phi) is 4.50. The van der Waals surface area contributed by atoms with Crippen molar-refractivity contribution in [3.63, 3.8) is 0 Å². The molecule has 0 aromatic heterocycles. The molecule has 0 heterocycles. The number of aliphatic carboxylic acids is 1. The van der Waals surface area contributed by atoms with Gasteiger partial charge in [0.15, 0.2) is 0 Å². The number of hydrogen-bond donors (Lipinski definition) is 1. The number of hydrogen-bond acceptors (Lipinski definition) is 5. The molecule has 1 aromatic carbocycles. The molecule has 1 rings (SSSR count). The third-order valence-electron chi connectivity index (χ3n) is 2.29. The third-order valence-corrected chi connectivity index (χ3v) is 2.29. The molecular weight excluding hydrogens is 240 g/mol. The van der Waals surface area contributed by atoms with Crippen molar-refractivity contribution < 1.29 is 24.5 Å². The third kappa shape index (κ3) is 3.95. The van der Waals surface area contributed by atoms with Crippen LogP contribution in [-0.4, -0.2) is 36.8 Å². The van der Waals surface area contributed by atoms with Crippen molar-refractivity contribution in [1.82, 2.24) is 0 Å². The zero-order chi connectivity index (χ0) is 13.7. The van der Waals surface area contributed by atoms with Gasteiger partial charge in [-0.2, -0.15) is 0 Å². The topological polar surface area (TPSA) is 105 Å². The van der Waals surface area contributed by atoms with Crippen LogP contribution in [0.25, 0.3) is 0 Å². The number of carboxylic acid groups (broad SMARTS) is 1. The van der Waals surface area contributed by atoms with Gasteiger partial charge in [-0.25, -0.2) is 0 Å². The van der Waals surface area contributed by atoms with Gasteiger partial charge in [-0.3, -0.25) is 14.9 Å². The molecule has 1 aromatic rings. The van der Waals surface area contributed by atoms with E-state index in [0.29, 0.717) is 4.90 Å². The molecule has 0 radical (unpaired) electrons. The van der Waals surface area contributed by atoms with Crippen molar-refractivity contribution in [3.05, 3.63) is 39.9 Å². The van der Waals surface area contributed by atoms with Crippen molar-refractivity contribution in [1.29, 1.82) is 0 Å². The number of carboxylic acids is 1. The number of rotatable bonds is 6. The summed E-state index contributed by atoms with van der Waals surface area (Å²) in [5.41, 5.74) is 0.0281. The second-order valence-corrected chi connectivity index (χ2v) is 3.91. The van der Waals surface area contributed by atoms with E-state index in [2.05, 4.69) is 0 Å². The van der Waals surface area contributed by atoms with Crippen LogP contribution in [-0.2, 0) is 4.79 Å². The SMILES string of the molecule is C[NH+](CC(=O)[O-])CC(=O)c1cccc([N+](=O)[O-])c1. The second-order valence-electron chi connectivity index (χ2n) is 3.91. The van der Waals surface area contributed by atoms with Crippen LogP contribution in [0.15, 0.2) is 24.3 Å².